The summed E-state index contributed by atoms with van der Waals surface area (Å²) in [6.07, 6.45) is 2.42. The minimum absolute atomic E-state index is 0. The van der Waals surface area contributed by atoms with Crippen LogP contribution in [0.5, 0.6) is 0 Å². The van der Waals surface area contributed by atoms with Crippen molar-refractivity contribution in [2.75, 3.05) is 32.7 Å². The minimum atomic E-state index is -1.01. The molecule has 2 saturated heterocycles. The van der Waals surface area contributed by atoms with E-state index < -0.39 is 17.2 Å². The molecule has 5 rings (SSSR count). The predicted molar refractivity (Wildman–Crippen MR) is 134 cm³/mol. The van der Waals surface area contributed by atoms with Gasteiger partial charge in [-0.25, -0.2) is 8.78 Å². The molecule has 0 bridgehead atoms. The Hall–Kier alpha value is -2.02. The summed E-state index contributed by atoms with van der Waals surface area (Å²) in [6.45, 7) is 7.03. The van der Waals surface area contributed by atoms with E-state index in [1.165, 1.54) is 25.0 Å². The molecule has 1 saturated carbocycles. The standard InChI is InChI=1S/C28H34F2N2O2.ClH/c1-18-13-32(14-19(2)28(18,34)21-6-4-3-5-7-21)27(33)25-17-31(15-20-8-9-20)16-24(25)23-11-10-22(29)12-26(23)30;/h3-7,10-12,18-20,24-25,34H,8-9,13-17H2,1-2H3;1H/t18-,19+,24-,25+,28+;/m0./s1. The highest BCUT2D eigenvalue weighted by atomic mass is 35.5. The molecule has 4 nitrogen and oxygen atoms in total. The summed E-state index contributed by atoms with van der Waals surface area (Å²) < 4.78 is 28.4. The Kier molecular flexibility index (Phi) is 7.56. The highest BCUT2D eigenvalue weighted by molar-refractivity contribution is 5.85. The number of carbonyl (C=O) groups excluding carboxylic acids is 1. The molecule has 7 heteroatoms. The predicted octanol–water partition coefficient (Wildman–Crippen LogP) is 4.81. The van der Waals surface area contributed by atoms with Gasteiger partial charge in [-0.05, 0) is 36.0 Å². The zero-order chi connectivity index (χ0) is 24.0. The van der Waals surface area contributed by atoms with Crippen LogP contribution in [0.2, 0.25) is 0 Å². The van der Waals surface area contributed by atoms with Crippen LogP contribution in [0.25, 0.3) is 0 Å². The van der Waals surface area contributed by atoms with Gasteiger partial charge in [-0.15, -0.1) is 12.4 Å². The van der Waals surface area contributed by atoms with Crippen LogP contribution in [-0.2, 0) is 10.4 Å². The maximum atomic E-state index is 14.8. The molecule has 0 spiro atoms. The van der Waals surface area contributed by atoms with Crippen LogP contribution in [0.15, 0.2) is 48.5 Å². The van der Waals surface area contributed by atoms with Crippen molar-refractivity contribution in [1.29, 1.82) is 0 Å². The summed E-state index contributed by atoms with van der Waals surface area (Å²) in [4.78, 5) is 18.0. The van der Waals surface area contributed by atoms with Gasteiger partial charge in [0.2, 0.25) is 5.91 Å². The number of aliphatic hydroxyl groups is 1. The summed E-state index contributed by atoms with van der Waals surface area (Å²) >= 11 is 0. The molecule has 190 valence electrons. The molecule has 0 aromatic heterocycles. The molecule has 35 heavy (non-hydrogen) atoms. The van der Waals surface area contributed by atoms with Crippen LogP contribution in [0.1, 0.15) is 43.7 Å². The third-order valence-electron chi connectivity index (χ3n) is 8.33. The molecule has 0 radical (unpaired) electrons. The van der Waals surface area contributed by atoms with Crippen molar-refractivity contribution in [3.05, 3.63) is 71.3 Å². The van der Waals surface area contributed by atoms with Gasteiger partial charge < -0.3 is 14.9 Å². The Morgan fingerprint density at radius 3 is 2.26 bits per heavy atom. The van der Waals surface area contributed by atoms with Crippen LogP contribution >= 0.6 is 12.4 Å². The molecule has 2 aliphatic heterocycles. The maximum Gasteiger partial charge on any atom is 0.227 e. The summed E-state index contributed by atoms with van der Waals surface area (Å²) in [6, 6.07) is 13.4. The molecular weight excluding hydrogens is 470 g/mol. The molecule has 3 aliphatic rings. The van der Waals surface area contributed by atoms with Gasteiger partial charge in [0.15, 0.2) is 0 Å². The largest absolute Gasteiger partial charge is 0.384 e. The monoisotopic (exact) mass is 504 g/mol. The topological polar surface area (TPSA) is 43.8 Å². The first kappa shape index (κ1) is 26.1. The van der Waals surface area contributed by atoms with Crippen molar-refractivity contribution >= 4 is 18.3 Å². The number of amides is 1. The molecule has 2 aromatic carbocycles. The average molecular weight is 505 g/mol. The molecule has 1 amide bonds. The third-order valence-corrected chi connectivity index (χ3v) is 8.33. The van der Waals surface area contributed by atoms with Crippen molar-refractivity contribution in [2.24, 2.45) is 23.7 Å². The molecule has 2 heterocycles. The zero-order valence-electron chi connectivity index (χ0n) is 20.4. The first-order chi connectivity index (χ1) is 16.3. The lowest BCUT2D eigenvalue weighted by Crippen LogP contribution is -2.57. The minimum Gasteiger partial charge on any atom is -0.384 e. The van der Waals surface area contributed by atoms with Gasteiger partial charge in [0.1, 0.15) is 11.6 Å². The van der Waals surface area contributed by atoms with Crippen LogP contribution in [0, 0.1) is 35.3 Å². The second-order valence-electron chi connectivity index (χ2n) is 10.8. The van der Waals surface area contributed by atoms with Crippen LogP contribution < -0.4 is 0 Å². The summed E-state index contributed by atoms with van der Waals surface area (Å²) in [5.41, 5.74) is 0.301. The van der Waals surface area contributed by atoms with Crippen LogP contribution in [-0.4, -0.2) is 53.5 Å². The van der Waals surface area contributed by atoms with Crippen molar-refractivity contribution in [3.8, 4) is 0 Å². The maximum absolute atomic E-state index is 14.8. The van der Waals surface area contributed by atoms with E-state index in [2.05, 4.69) is 4.90 Å². The van der Waals surface area contributed by atoms with Gasteiger partial charge in [0.25, 0.3) is 0 Å². The van der Waals surface area contributed by atoms with E-state index in [9.17, 15) is 18.7 Å². The average Bonchev–Trinajstić information content (AvgIpc) is 3.54. The fourth-order valence-electron chi connectivity index (χ4n) is 6.26. The van der Waals surface area contributed by atoms with Crippen molar-refractivity contribution in [2.45, 2.75) is 38.2 Å². The summed E-state index contributed by atoms with van der Waals surface area (Å²) in [5.74, 6) is -1.45. The van der Waals surface area contributed by atoms with E-state index in [1.807, 2.05) is 49.1 Å². The number of benzene rings is 2. The van der Waals surface area contributed by atoms with Gasteiger partial charge in [0.05, 0.1) is 11.5 Å². The smallest absolute Gasteiger partial charge is 0.227 e. The van der Waals surface area contributed by atoms with Crippen LogP contribution in [0.4, 0.5) is 8.78 Å². The Balaban J connectivity index is 0.00000289. The van der Waals surface area contributed by atoms with Gasteiger partial charge in [-0.1, -0.05) is 50.2 Å². The van der Waals surface area contributed by atoms with E-state index in [-0.39, 0.29) is 42.0 Å². The number of halogens is 3. The number of hydrogen-bond donors (Lipinski definition) is 1. The highest BCUT2D eigenvalue weighted by Crippen LogP contribution is 2.43. The summed E-state index contributed by atoms with van der Waals surface area (Å²) in [7, 11) is 0. The number of hydrogen-bond acceptors (Lipinski definition) is 3. The highest BCUT2D eigenvalue weighted by Gasteiger charge is 2.49. The Morgan fingerprint density at radius 1 is 1.00 bits per heavy atom. The lowest BCUT2D eigenvalue weighted by Gasteiger charge is -2.48. The first-order valence-electron chi connectivity index (χ1n) is 12.5. The van der Waals surface area contributed by atoms with E-state index in [0.29, 0.717) is 37.7 Å². The van der Waals surface area contributed by atoms with E-state index in [1.54, 1.807) is 0 Å². The number of likely N-dealkylation sites (tertiary alicyclic amines) is 2. The summed E-state index contributed by atoms with van der Waals surface area (Å²) in [5, 5.41) is 11.7. The van der Waals surface area contributed by atoms with Crippen LogP contribution in [0.3, 0.4) is 0 Å². The van der Waals surface area contributed by atoms with E-state index >= 15 is 0 Å². The lowest BCUT2D eigenvalue weighted by molar-refractivity contribution is -0.152. The Bertz CT molecular complexity index is 1040. The second kappa shape index (κ2) is 10.2. The molecule has 3 fully saturated rings. The Labute approximate surface area is 212 Å². The fraction of sp³-hybridized carbons (Fsp3) is 0.536. The van der Waals surface area contributed by atoms with Crippen molar-refractivity contribution in [1.82, 2.24) is 9.80 Å². The normalized spacial score (nSPS) is 31.3. The fourth-order valence-corrected chi connectivity index (χ4v) is 6.26. The quantitative estimate of drug-likeness (QED) is 0.635. The van der Waals surface area contributed by atoms with Crippen molar-refractivity contribution in [3.63, 3.8) is 0 Å². The molecule has 1 N–H and O–H groups in total. The molecule has 0 unspecified atom stereocenters. The number of rotatable bonds is 5. The number of nitrogens with zero attached hydrogens (tertiary/aromatic N) is 2. The molecular formula is C28H35ClF2N2O2. The molecule has 1 aliphatic carbocycles. The lowest BCUT2D eigenvalue weighted by atomic mass is 9.70. The van der Waals surface area contributed by atoms with Gasteiger partial charge in [-0.3, -0.25) is 4.79 Å². The number of piperidine rings is 1. The van der Waals surface area contributed by atoms with Gasteiger partial charge in [0, 0.05) is 56.5 Å². The second-order valence-corrected chi connectivity index (χ2v) is 10.8. The zero-order valence-corrected chi connectivity index (χ0v) is 21.2. The van der Waals surface area contributed by atoms with Gasteiger partial charge in [-0.2, -0.15) is 0 Å². The SMILES string of the molecule is C[C@@H]1CN(C(=O)[C@@H]2CN(CC3CC3)C[C@H]2c2ccc(F)cc2F)C[C@H](C)[C@]1(O)c1ccccc1.Cl. The first-order valence-corrected chi connectivity index (χ1v) is 12.5. The van der Waals surface area contributed by atoms with Gasteiger partial charge >= 0.3 is 0 Å². The van der Waals surface area contributed by atoms with E-state index in [4.69, 9.17) is 0 Å². The molecule has 2 aromatic rings. The van der Waals surface area contributed by atoms with E-state index in [0.717, 1.165) is 18.2 Å². The number of carbonyl (C=O) groups is 1. The molecule has 5 atom stereocenters. The third kappa shape index (κ3) is 4.98. The Morgan fingerprint density at radius 2 is 1.66 bits per heavy atom. The van der Waals surface area contributed by atoms with Crippen molar-refractivity contribution < 1.29 is 18.7 Å².